The van der Waals surface area contributed by atoms with Crippen LogP contribution in [-0.2, 0) is 6.42 Å². The van der Waals surface area contributed by atoms with Crippen molar-refractivity contribution in [2.75, 3.05) is 0 Å². The first-order chi connectivity index (χ1) is 8.72. The Bertz CT molecular complexity index is 605. The molecule has 0 saturated carbocycles. The molecule has 4 nitrogen and oxygen atoms in total. The number of aromatic nitrogens is 2. The molecule has 0 unspecified atom stereocenters. The van der Waals surface area contributed by atoms with Crippen LogP contribution in [0.2, 0.25) is 0 Å². The van der Waals surface area contributed by atoms with E-state index in [2.05, 4.69) is 9.97 Å². The van der Waals surface area contributed by atoms with E-state index >= 15 is 0 Å². The molecule has 2 heterocycles. The van der Waals surface area contributed by atoms with Gasteiger partial charge in [-0.3, -0.25) is 0 Å². The summed E-state index contributed by atoms with van der Waals surface area (Å²) < 4.78 is 5.78. The first kappa shape index (κ1) is 12.2. The molecule has 0 spiro atoms. The summed E-state index contributed by atoms with van der Waals surface area (Å²) in [7, 11) is 0. The van der Waals surface area contributed by atoms with Crippen LogP contribution in [-0.4, -0.2) is 16.1 Å². The van der Waals surface area contributed by atoms with Crippen LogP contribution < -0.4 is 4.74 Å². The minimum absolute atomic E-state index is 0.119. The highest BCUT2D eigenvalue weighted by atomic mass is 16.5. The SMILES string of the molecule is CC(C)Oc1ccnc2[nH]cc(CC=CC#N)c12. The Labute approximate surface area is 106 Å². The maximum Gasteiger partial charge on any atom is 0.141 e. The minimum Gasteiger partial charge on any atom is -0.490 e. The quantitative estimate of drug-likeness (QED) is 0.837. The molecule has 2 aromatic rings. The van der Waals surface area contributed by atoms with Crippen molar-refractivity contribution >= 4 is 11.0 Å². The van der Waals surface area contributed by atoms with E-state index in [0.717, 1.165) is 22.3 Å². The molecule has 0 radical (unpaired) electrons. The zero-order valence-electron chi connectivity index (χ0n) is 10.5. The molecule has 2 aromatic heterocycles. The van der Waals surface area contributed by atoms with Gasteiger partial charge in [0.15, 0.2) is 0 Å². The number of nitrogens with one attached hydrogen (secondary N) is 1. The highest BCUT2D eigenvalue weighted by Gasteiger charge is 2.10. The maximum atomic E-state index is 8.50. The van der Waals surface area contributed by atoms with E-state index < -0.39 is 0 Å². The van der Waals surface area contributed by atoms with Crippen LogP contribution >= 0.6 is 0 Å². The van der Waals surface area contributed by atoms with Crippen molar-refractivity contribution in [3.05, 3.63) is 36.2 Å². The lowest BCUT2D eigenvalue weighted by atomic mass is 10.1. The largest absolute Gasteiger partial charge is 0.490 e. The van der Waals surface area contributed by atoms with Gasteiger partial charge in [0.2, 0.25) is 0 Å². The molecule has 0 atom stereocenters. The van der Waals surface area contributed by atoms with Gasteiger partial charge in [-0.15, -0.1) is 0 Å². The Kier molecular flexibility index (Phi) is 3.63. The summed E-state index contributed by atoms with van der Waals surface area (Å²) in [5, 5.41) is 9.49. The molecule has 4 heteroatoms. The second-order valence-electron chi connectivity index (χ2n) is 4.25. The standard InChI is InChI=1S/C14H15N3O/c1-10(2)18-12-6-8-16-14-13(12)11(9-17-14)5-3-4-7-15/h3-4,6,8-10H,5H2,1-2H3,(H,16,17). The van der Waals surface area contributed by atoms with Crippen LogP contribution in [0.5, 0.6) is 5.75 Å². The van der Waals surface area contributed by atoms with Crippen LogP contribution in [0.1, 0.15) is 19.4 Å². The van der Waals surface area contributed by atoms with Crippen LogP contribution in [0.4, 0.5) is 0 Å². The maximum absolute atomic E-state index is 8.50. The summed E-state index contributed by atoms with van der Waals surface area (Å²) in [4.78, 5) is 7.39. The number of fused-ring (bicyclic) bond motifs is 1. The number of aromatic amines is 1. The predicted octanol–water partition coefficient (Wildman–Crippen LogP) is 2.97. The molecule has 0 bridgehead atoms. The Morgan fingerprint density at radius 3 is 3.11 bits per heavy atom. The van der Waals surface area contributed by atoms with E-state index in [4.69, 9.17) is 10.00 Å². The molecule has 1 N–H and O–H groups in total. The van der Waals surface area contributed by atoms with E-state index in [9.17, 15) is 0 Å². The monoisotopic (exact) mass is 241 g/mol. The summed E-state index contributed by atoms with van der Waals surface area (Å²) in [5.41, 5.74) is 1.90. The third-order valence-electron chi connectivity index (χ3n) is 2.51. The fourth-order valence-corrected chi connectivity index (χ4v) is 1.84. The van der Waals surface area contributed by atoms with Crippen molar-refractivity contribution in [1.82, 2.24) is 9.97 Å². The molecule has 0 amide bonds. The topological polar surface area (TPSA) is 61.7 Å². The summed E-state index contributed by atoms with van der Waals surface area (Å²) in [6.07, 6.45) is 7.76. The van der Waals surface area contributed by atoms with Gasteiger partial charge in [0.1, 0.15) is 11.4 Å². The van der Waals surface area contributed by atoms with Gasteiger partial charge >= 0.3 is 0 Å². The highest BCUT2D eigenvalue weighted by Crippen LogP contribution is 2.28. The molecule has 92 valence electrons. The van der Waals surface area contributed by atoms with Gasteiger partial charge in [0, 0.05) is 18.5 Å². The van der Waals surface area contributed by atoms with Crippen LogP contribution in [0.25, 0.3) is 11.0 Å². The van der Waals surface area contributed by atoms with Crippen LogP contribution in [0.3, 0.4) is 0 Å². The number of pyridine rings is 1. The van der Waals surface area contributed by atoms with Gasteiger partial charge in [-0.1, -0.05) is 6.08 Å². The molecule has 2 rings (SSSR count). The zero-order chi connectivity index (χ0) is 13.0. The summed E-state index contributed by atoms with van der Waals surface area (Å²) in [5.74, 6) is 0.830. The molecule has 0 aromatic carbocycles. The molecule has 0 aliphatic rings. The Morgan fingerprint density at radius 2 is 2.39 bits per heavy atom. The van der Waals surface area contributed by atoms with Crippen molar-refractivity contribution in [3.63, 3.8) is 0 Å². The molecule has 0 aliphatic heterocycles. The van der Waals surface area contributed by atoms with E-state index in [0.29, 0.717) is 6.42 Å². The van der Waals surface area contributed by atoms with Crippen molar-refractivity contribution in [3.8, 4) is 11.8 Å². The molecular weight excluding hydrogens is 226 g/mol. The second-order valence-corrected chi connectivity index (χ2v) is 4.25. The number of hydrogen-bond acceptors (Lipinski definition) is 3. The number of rotatable bonds is 4. The number of nitrogens with zero attached hydrogens (tertiary/aromatic N) is 2. The van der Waals surface area contributed by atoms with Crippen LogP contribution in [0, 0.1) is 11.3 Å². The minimum atomic E-state index is 0.119. The lowest BCUT2D eigenvalue weighted by molar-refractivity contribution is 0.245. The number of allylic oxidation sites excluding steroid dienone is 2. The average Bonchev–Trinajstić information content (AvgIpc) is 2.73. The summed E-state index contributed by atoms with van der Waals surface area (Å²) >= 11 is 0. The second kappa shape index (κ2) is 5.37. The molecule has 0 saturated heterocycles. The van der Waals surface area contributed by atoms with Crippen molar-refractivity contribution < 1.29 is 4.74 Å². The molecule has 0 aliphatic carbocycles. The van der Waals surface area contributed by atoms with Gasteiger partial charge in [-0.05, 0) is 31.9 Å². The van der Waals surface area contributed by atoms with E-state index in [1.54, 1.807) is 6.20 Å². The average molecular weight is 241 g/mol. The molecule has 0 fully saturated rings. The van der Waals surface area contributed by atoms with Gasteiger partial charge in [-0.25, -0.2) is 4.98 Å². The van der Waals surface area contributed by atoms with Gasteiger partial charge < -0.3 is 9.72 Å². The Morgan fingerprint density at radius 1 is 1.56 bits per heavy atom. The van der Waals surface area contributed by atoms with E-state index in [-0.39, 0.29) is 6.10 Å². The normalized spacial score (nSPS) is 11.2. The van der Waals surface area contributed by atoms with E-state index in [1.165, 1.54) is 6.08 Å². The summed E-state index contributed by atoms with van der Waals surface area (Å²) in [6.45, 7) is 3.99. The van der Waals surface area contributed by atoms with Gasteiger partial charge in [-0.2, -0.15) is 5.26 Å². The predicted molar refractivity (Wildman–Crippen MR) is 70.3 cm³/mol. The first-order valence-corrected chi connectivity index (χ1v) is 5.88. The molecular formula is C14H15N3O. The smallest absolute Gasteiger partial charge is 0.141 e. The zero-order valence-corrected chi connectivity index (χ0v) is 10.5. The molecule has 18 heavy (non-hydrogen) atoms. The lowest BCUT2D eigenvalue weighted by Crippen LogP contribution is -2.06. The number of H-pyrrole nitrogens is 1. The van der Waals surface area contributed by atoms with Crippen molar-refractivity contribution in [1.29, 1.82) is 5.26 Å². The lowest BCUT2D eigenvalue weighted by Gasteiger charge is -2.11. The van der Waals surface area contributed by atoms with E-state index in [1.807, 2.05) is 38.3 Å². The van der Waals surface area contributed by atoms with Crippen molar-refractivity contribution in [2.45, 2.75) is 26.4 Å². The highest BCUT2D eigenvalue weighted by molar-refractivity contribution is 5.86. The van der Waals surface area contributed by atoms with Crippen LogP contribution in [0.15, 0.2) is 30.6 Å². The fraction of sp³-hybridized carbons (Fsp3) is 0.286. The first-order valence-electron chi connectivity index (χ1n) is 5.88. The van der Waals surface area contributed by atoms with Crippen molar-refractivity contribution in [2.24, 2.45) is 0 Å². The Balaban J connectivity index is 2.42. The number of nitriles is 1. The van der Waals surface area contributed by atoms with Gasteiger partial charge in [0.25, 0.3) is 0 Å². The Hall–Kier alpha value is -2.28. The third-order valence-corrected chi connectivity index (χ3v) is 2.51. The third kappa shape index (κ3) is 2.51. The summed E-state index contributed by atoms with van der Waals surface area (Å²) in [6, 6.07) is 3.86. The van der Waals surface area contributed by atoms with Gasteiger partial charge in [0.05, 0.1) is 17.6 Å². The number of hydrogen-bond donors (Lipinski definition) is 1. The fourth-order valence-electron chi connectivity index (χ4n) is 1.84. The number of ether oxygens (including phenoxy) is 1.